The first-order valence-electron chi connectivity index (χ1n) is 4.04. The van der Waals surface area contributed by atoms with E-state index in [2.05, 4.69) is 15.3 Å². The van der Waals surface area contributed by atoms with Gasteiger partial charge in [0, 0.05) is 6.54 Å². The molecule has 0 radical (unpaired) electrons. The standard InChI is InChI=1S/C8H8ClN3O2/c1-8(7(13)14)2-10-6-4(8)5(9)11-3-12-6/h3H,2H2,1H3,(H,13,14)(H,10,11,12). The van der Waals surface area contributed by atoms with Crippen LogP contribution in [0.2, 0.25) is 5.15 Å². The topological polar surface area (TPSA) is 75.1 Å². The van der Waals surface area contributed by atoms with Gasteiger partial charge in [-0.1, -0.05) is 11.6 Å². The number of anilines is 1. The van der Waals surface area contributed by atoms with Crippen LogP contribution in [0.25, 0.3) is 0 Å². The molecular weight excluding hydrogens is 206 g/mol. The first-order valence-corrected chi connectivity index (χ1v) is 4.42. The van der Waals surface area contributed by atoms with E-state index in [0.29, 0.717) is 11.4 Å². The number of nitrogens with zero attached hydrogens (tertiary/aromatic N) is 2. The second kappa shape index (κ2) is 2.81. The molecule has 2 rings (SSSR count). The SMILES string of the molecule is CC1(C(=O)O)CNc2ncnc(Cl)c21. The van der Waals surface area contributed by atoms with Gasteiger partial charge >= 0.3 is 5.97 Å². The van der Waals surface area contributed by atoms with Crippen molar-refractivity contribution in [2.45, 2.75) is 12.3 Å². The van der Waals surface area contributed by atoms with Crippen molar-refractivity contribution in [3.05, 3.63) is 17.0 Å². The van der Waals surface area contributed by atoms with Crippen LogP contribution in [-0.2, 0) is 10.2 Å². The zero-order valence-electron chi connectivity index (χ0n) is 7.41. The predicted octanol–water partition coefficient (Wildman–Crippen LogP) is 0.898. The Morgan fingerprint density at radius 1 is 1.71 bits per heavy atom. The Hall–Kier alpha value is -1.36. The number of carbonyl (C=O) groups is 1. The molecule has 6 heteroatoms. The van der Waals surface area contributed by atoms with Crippen LogP contribution in [0.1, 0.15) is 12.5 Å². The first-order chi connectivity index (χ1) is 6.55. The highest BCUT2D eigenvalue weighted by Crippen LogP contribution is 2.38. The van der Waals surface area contributed by atoms with Crippen LogP contribution < -0.4 is 5.32 Å². The number of nitrogens with one attached hydrogen (secondary N) is 1. The number of rotatable bonds is 1. The molecule has 1 aromatic heterocycles. The average molecular weight is 214 g/mol. The van der Waals surface area contributed by atoms with Crippen molar-refractivity contribution in [2.75, 3.05) is 11.9 Å². The summed E-state index contributed by atoms with van der Waals surface area (Å²) in [6, 6.07) is 0. The number of halogens is 1. The molecule has 1 aromatic rings. The van der Waals surface area contributed by atoms with Gasteiger partial charge in [0.25, 0.3) is 0 Å². The van der Waals surface area contributed by atoms with Gasteiger partial charge in [-0.25, -0.2) is 9.97 Å². The minimum Gasteiger partial charge on any atom is -0.481 e. The van der Waals surface area contributed by atoms with E-state index >= 15 is 0 Å². The molecule has 2 heterocycles. The molecule has 0 aliphatic carbocycles. The molecule has 14 heavy (non-hydrogen) atoms. The number of hydrogen-bond donors (Lipinski definition) is 2. The highest BCUT2D eigenvalue weighted by atomic mass is 35.5. The summed E-state index contributed by atoms with van der Waals surface area (Å²) >= 11 is 5.84. The van der Waals surface area contributed by atoms with E-state index in [-0.39, 0.29) is 11.7 Å². The summed E-state index contributed by atoms with van der Waals surface area (Å²) in [5, 5.41) is 12.2. The lowest BCUT2D eigenvalue weighted by atomic mass is 9.86. The van der Waals surface area contributed by atoms with E-state index in [1.165, 1.54) is 6.33 Å². The molecule has 1 aliphatic heterocycles. The molecule has 74 valence electrons. The normalized spacial score (nSPS) is 24.1. The van der Waals surface area contributed by atoms with Crippen LogP contribution >= 0.6 is 11.6 Å². The van der Waals surface area contributed by atoms with Crippen molar-refractivity contribution < 1.29 is 9.90 Å². The Bertz CT molecular complexity index is 410. The van der Waals surface area contributed by atoms with E-state index < -0.39 is 11.4 Å². The second-order valence-corrected chi connectivity index (χ2v) is 3.74. The van der Waals surface area contributed by atoms with Crippen molar-refractivity contribution in [1.29, 1.82) is 0 Å². The highest BCUT2D eigenvalue weighted by molar-refractivity contribution is 6.31. The van der Waals surface area contributed by atoms with Gasteiger partial charge in [0.15, 0.2) is 0 Å². The van der Waals surface area contributed by atoms with E-state index in [0.717, 1.165) is 0 Å². The Morgan fingerprint density at radius 2 is 2.43 bits per heavy atom. The van der Waals surface area contributed by atoms with Crippen LogP contribution in [0.5, 0.6) is 0 Å². The van der Waals surface area contributed by atoms with Crippen molar-refractivity contribution in [3.8, 4) is 0 Å². The van der Waals surface area contributed by atoms with Gasteiger partial charge < -0.3 is 10.4 Å². The zero-order chi connectivity index (χ0) is 10.3. The van der Waals surface area contributed by atoms with Gasteiger partial charge in [-0.3, -0.25) is 4.79 Å². The number of carboxylic acids is 1. The van der Waals surface area contributed by atoms with Crippen molar-refractivity contribution >= 4 is 23.4 Å². The van der Waals surface area contributed by atoms with E-state index in [1.54, 1.807) is 6.92 Å². The minimum absolute atomic E-state index is 0.199. The third-order valence-corrected chi connectivity index (χ3v) is 2.72. The zero-order valence-corrected chi connectivity index (χ0v) is 8.17. The van der Waals surface area contributed by atoms with Crippen LogP contribution in [0, 0.1) is 0 Å². The second-order valence-electron chi connectivity index (χ2n) is 3.38. The van der Waals surface area contributed by atoms with Gasteiger partial charge in [-0.2, -0.15) is 0 Å². The Balaban J connectivity index is 2.64. The molecule has 0 saturated carbocycles. The third-order valence-electron chi connectivity index (χ3n) is 2.43. The fourth-order valence-electron chi connectivity index (χ4n) is 1.52. The summed E-state index contributed by atoms with van der Waals surface area (Å²) in [4.78, 5) is 18.8. The van der Waals surface area contributed by atoms with Crippen LogP contribution in [0.4, 0.5) is 5.82 Å². The fourth-order valence-corrected chi connectivity index (χ4v) is 1.86. The molecule has 0 aromatic carbocycles. The van der Waals surface area contributed by atoms with Gasteiger partial charge in [-0.05, 0) is 6.92 Å². The quantitative estimate of drug-likeness (QED) is 0.678. The van der Waals surface area contributed by atoms with Crippen molar-refractivity contribution in [1.82, 2.24) is 9.97 Å². The highest BCUT2D eigenvalue weighted by Gasteiger charge is 2.44. The molecule has 2 N–H and O–H groups in total. The summed E-state index contributed by atoms with van der Waals surface area (Å²) in [6.07, 6.45) is 1.31. The van der Waals surface area contributed by atoms with Gasteiger partial charge in [0.2, 0.25) is 0 Å². The van der Waals surface area contributed by atoms with Crippen LogP contribution in [-0.4, -0.2) is 27.6 Å². The maximum Gasteiger partial charge on any atom is 0.315 e. The van der Waals surface area contributed by atoms with Crippen molar-refractivity contribution in [2.24, 2.45) is 0 Å². The summed E-state index contributed by atoms with van der Waals surface area (Å²) in [6.45, 7) is 1.89. The lowest BCUT2D eigenvalue weighted by Crippen LogP contribution is -2.34. The molecule has 0 bridgehead atoms. The number of aliphatic carboxylic acids is 1. The van der Waals surface area contributed by atoms with Crippen LogP contribution in [0.3, 0.4) is 0 Å². The number of fused-ring (bicyclic) bond motifs is 1. The lowest BCUT2D eigenvalue weighted by molar-refractivity contribution is -0.142. The summed E-state index contributed by atoms with van der Waals surface area (Å²) in [5.41, 5.74) is -0.567. The number of aromatic nitrogens is 2. The Morgan fingerprint density at radius 3 is 3.07 bits per heavy atom. The summed E-state index contributed by atoms with van der Waals surface area (Å²) in [5.74, 6) is -0.421. The Kier molecular flexibility index (Phi) is 1.85. The molecular formula is C8H8ClN3O2. The number of carboxylic acid groups (broad SMARTS) is 1. The Labute approximate surface area is 85.1 Å². The van der Waals surface area contributed by atoms with Crippen molar-refractivity contribution in [3.63, 3.8) is 0 Å². The van der Waals surface area contributed by atoms with Gasteiger partial charge in [0.1, 0.15) is 22.7 Å². The van der Waals surface area contributed by atoms with E-state index in [4.69, 9.17) is 16.7 Å². The number of hydrogen-bond acceptors (Lipinski definition) is 4. The molecule has 0 saturated heterocycles. The monoisotopic (exact) mass is 213 g/mol. The first kappa shape index (κ1) is 9.21. The van der Waals surface area contributed by atoms with Gasteiger partial charge in [-0.15, -0.1) is 0 Å². The van der Waals surface area contributed by atoms with E-state index in [1.807, 2.05) is 0 Å². The molecule has 5 nitrogen and oxygen atoms in total. The summed E-state index contributed by atoms with van der Waals surface area (Å²) < 4.78 is 0. The summed E-state index contributed by atoms with van der Waals surface area (Å²) in [7, 11) is 0. The maximum atomic E-state index is 11.1. The molecule has 0 amide bonds. The largest absolute Gasteiger partial charge is 0.481 e. The predicted molar refractivity (Wildman–Crippen MR) is 50.5 cm³/mol. The molecule has 1 unspecified atom stereocenters. The third kappa shape index (κ3) is 1.05. The molecule has 0 fully saturated rings. The van der Waals surface area contributed by atoms with Crippen LogP contribution in [0.15, 0.2) is 6.33 Å². The maximum absolute atomic E-state index is 11.1. The molecule has 1 aliphatic rings. The fraction of sp³-hybridized carbons (Fsp3) is 0.375. The lowest BCUT2D eigenvalue weighted by Gasteiger charge is -2.17. The minimum atomic E-state index is -1.03. The smallest absolute Gasteiger partial charge is 0.315 e. The molecule has 0 spiro atoms. The van der Waals surface area contributed by atoms with E-state index in [9.17, 15) is 4.79 Å². The molecule has 1 atom stereocenters. The van der Waals surface area contributed by atoms with Gasteiger partial charge in [0.05, 0.1) is 5.56 Å². The average Bonchev–Trinajstić information content (AvgIpc) is 2.47.